The average molecular weight is 340 g/mol. The van der Waals surface area contributed by atoms with E-state index in [2.05, 4.69) is 20.7 Å². The molecule has 3 aromatic carbocycles. The van der Waals surface area contributed by atoms with Gasteiger partial charge in [-0.25, -0.2) is 0 Å². The zero-order valence-corrected chi connectivity index (χ0v) is 13.9. The van der Waals surface area contributed by atoms with Crippen molar-refractivity contribution in [1.29, 1.82) is 0 Å². The van der Waals surface area contributed by atoms with Crippen LogP contribution in [0, 0.1) is 0 Å². The summed E-state index contributed by atoms with van der Waals surface area (Å²) in [5, 5.41) is 8.65. The third-order valence-electron chi connectivity index (χ3n) is 3.78. The van der Waals surface area contributed by atoms with Crippen LogP contribution in [0.3, 0.4) is 0 Å². The van der Waals surface area contributed by atoms with Gasteiger partial charge in [0.25, 0.3) is 5.89 Å². The molecule has 4 rings (SSSR count). The van der Waals surface area contributed by atoms with E-state index < -0.39 is 0 Å². The summed E-state index contributed by atoms with van der Waals surface area (Å²) in [5.74, 6) is 0.891. The van der Waals surface area contributed by atoms with Crippen molar-refractivity contribution < 1.29 is 4.52 Å². The molecule has 0 bridgehead atoms. The van der Waals surface area contributed by atoms with Crippen molar-refractivity contribution in [3.8, 4) is 11.5 Å². The highest BCUT2D eigenvalue weighted by Crippen LogP contribution is 2.18. The first-order chi connectivity index (χ1) is 12.9. The van der Waals surface area contributed by atoms with Crippen molar-refractivity contribution in [1.82, 2.24) is 10.1 Å². The van der Waals surface area contributed by atoms with Crippen LogP contribution in [-0.4, -0.2) is 15.9 Å². The van der Waals surface area contributed by atoms with Crippen LogP contribution >= 0.6 is 0 Å². The van der Waals surface area contributed by atoms with Gasteiger partial charge in [-0.1, -0.05) is 71.9 Å². The number of hydrogen-bond donors (Lipinski definition) is 1. The first kappa shape index (κ1) is 15.8. The van der Waals surface area contributed by atoms with Crippen LogP contribution in [0.25, 0.3) is 11.5 Å². The molecule has 0 spiro atoms. The van der Waals surface area contributed by atoms with Crippen molar-refractivity contribution in [3.63, 3.8) is 0 Å². The molecular weight excluding hydrogens is 324 g/mol. The lowest BCUT2D eigenvalue weighted by molar-refractivity contribution is 0.429. The highest BCUT2D eigenvalue weighted by molar-refractivity contribution is 6.10. The maximum atomic E-state index is 5.44. The Morgan fingerprint density at radius 3 is 2.08 bits per heavy atom. The molecule has 0 atom stereocenters. The van der Waals surface area contributed by atoms with Crippen LogP contribution in [0.5, 0.6) is 0 Å². The number of benzene rings is 3. The second-order valence-corrected chi connectivity index (χ2v) is 5.59. The predicted molar refractivity (Wildman–Crippen MR) is 102 cm³/mol. The Hall–Kier alpha value is -3.73. The highest BCUT2D eigenvalue weighted by atomic mass is 16.5. The fraction of sp³-hybridized carbons (Fsp3) is 0. The molecule has 0 saturated carbocycles. The lowest BCUT2D eigenvalue weighted by atomic mass is 10.1. The van der Waals surface area contributed by atoms with Gasteiger partial charge >= 0.3 is 0 Å². The van der Waals surface area contributed by atoms with Gasteiger partial charge in [-0.05, 0) is 24.3 Å². The summed E-state index contributed by atoms with van der Waals surface area (Å²) in [6.07, 6.45) is 0. The molecule has 1 aromatic heterocycles. The van der Waals surface area contributed by atoms with Gasteiger partial charge in [-0.15, -0.1) is 0 Å². The average Bonchev–Trinajstić information content (AvgIpc) is 3.20. The molecule has 4 aromatic rings. The van der Waals surface area contributed by atoms with Gasteiger partial charge in [0.2, 0.25) is 5.82 Å². The van der Waals surface area contributed by atoms with E-state index in [-0.39, 0.29) is 0 Å². The van der Waals surface area contributed by atoms with Gasteiger partial charge in [0, 0.05) is 11.1 Å². The number of hydrogen-bond acceptors (Lipinski definition) is 5. The number of aromatic nitrogens is 2. The minimum atomic E-state index is 0.429. The number of anilines is 1. The molecule has 0 fully saturated rings. The summed E-state index contributed by atoms with van der Waals surface area (Å²) in [6.45, 7) is 0. The van der Waals surface area contributed by atoms with E-state index in [1.165, 1.54) is 0 Å². The smallest absolute Gasteiger partial charge is 0.258 e. The van der Waals surface area contributed by atoms with E-state index in [9.17, 15) is 0 Å². The minimum absolute atomic E-state index is 0.429. The van der Waals surface area contributed by atoms with Crippen LogP contribution in [-0.2, 0) is 0 Å². The number of rotatable bonds is 5. The summed E-state index contributed by atoms with van der Waals surface area (Å²) >= 11 is 0. The Kier molecular flexibility index (Phi) is 4.52. The van der Waals surface area contributed by atoms with Gasteiger partial charge in [-0.3, -0.25) is 5.43 Å². The zero-order chi connectivity index (χ0) is 17.6. The monoisotopic (exact) mass is 340 g/mol. The Morgan fingerprint density at radius 2 is 1.38 bits per heavy atom. The molecule has 1 heterocycles. The summed E-state index contributed by atoms with van der Waals surface area (Å²) < 4.78 is 5.44. The molecule has 0 amide bonds. The van der Waals surface area contributed by atoms with Crippen LogP contribution in [0.15, 0.2) is 101 Å². The van der Waals surface area contributed by atoms with E-state index in [1.807, 2.05) is 91.0 Å². The second-order valence-electron chi connectivity index (χ2n) is 5.59. The number of hydrazone groups is 1. The molecule has 26 heavy (non-hydrogen) atoms. The molecule has 0 aliphatic heterocycles. The Balaban J connectivity index is 1.71. The Bertz CT molecular complexity index is 996. The quantitative estimate of drug-likeness (QED) is 0.426. The first-order valence-corrected chi connectivity index (χ1v) is 8.24. The number of nitrogens with zero attached hydrogens (tertiary/aromatic N) is 3. The standard InChI is InChI=1S/C21H16N4O/c1-4-10-16(11-5-1)19(24-23-18-14-8-3-9-15-18)20-22-21(26-25-20)17-12-6-2-7-13-17/h1-15,23H/b24-19+. The molecule has 5 heteroatoms. The molecule has 0 radical (unpaired) electrons. The SMILES string of the molecule is c1ccc(N/N=C(\c2ccccc2)c2noc(-c3ccccc3)n2)cc1. The van der Waals surface area contributed by atoms with Gasteiger partial charge in [0.1, 0.15) is 5.71 Å². The Morgan fingerprint density at radius 1 is 0.769 bits per heavy atom. The normalized spacial score (nSPS) is 11.3. The van der Waals surface area contributed by atoms with Crippen molar-refractivity contribution in [2.45, 2.75) is 0 Å². The molecule has 0 aliphatic carbocycles. The van der Waals surface area contributed by atoms with Crippen molar-refractivity contribution in [2.24, 2.45) is 5.10 Å². The van der Waals surface area contributed by atoms with Crippen LogP contribution < -0.4 is 5.43 Å². The van der Waals surface area contributed by atoms with E-state index in [0.717, 1.165) is 16.8 Å². The third-order valence-corrected chi connectivity index (χ3v) is 3.78. The maximum Gasteiger partial charge on any atom is 0.258 e. The number of para-hydroxylation sites is 1. The van der Waals surface area contributed by atoms with E-state index >= 15 is 0 Å². The van der Waals surface area contributed by atoms with E-state index in [1.54, 1.807) is 0 Å². The van der Waals surface area contributed by atoms with Crippen molar-refractivity contribution >= 4 is 11.4 Å². The molecule has 0 aliphatic rings. The van der Waals surface area contributed by atoms with E-state index in [4.69, 9.17) is 4.52 Å². The lowest BCUT2D eigenvalue weighted by Gasteiger charge is -2.04. The minimum Gasteiger partial charge on any atom is -0.334 e. The summed E-state index contributed by atoms with van der Waals surface area (Å²) in [4.78, 5) is 4.52. The topological polar surface area (TPSA) is 63.3 Å². The molecule has 0 unspecified atom stereocenters. The number of nitrogens with one attached hydrogen (secondary N) is 1. The van der Waals surface area contributed by atoms with Gasteiger partial charge in [-0.2, -0.15) is 10.1 Å². The van der Waals surface area contributed by atoms with Crippen LogP contribution in [0.2, 0.25) is 0 Å². The highest BCUT2D eigenvalue weighted by Gasteiger charge is 2.16. The van der Waals surface area contributed by atoms with Crippen molar-refractivity contribution in [3.05, 3.63) is 102 Å². The van der Waals surface area contributed by atoms with Gasteiger partial charge in [0.15, 0.2) is 0 Å². The zero-order valence-electron chi connectivity index (χ0n) is 13.9. The molecule has 5 nitrogen and oxygen atoms in total. The fourth-order valence-corrected chi connectivity index (χ4v) is 2.49. The maximum absolute atomic E-state index is 5.44. The molecular formula is C21H16N4O. The third kappa shape index (κ3) is 3.52. The van der Waals surface area contributed by atoms with Gasteiger partial charge < -0.3 is 4.52 Å². The molecule has 126 valence electrons. The predicted octanol–water partition coefficient (Wildman–Crippen LogP) is 4.60. The second kappa shape index (κ2) is 7.44. The summed E-state index contributed by atoms with van der Waals surface area (Å²) in [6, 6.07) is 29.2. The lowest BCUT2D eigenvalue weighted by Crippen LogP contribution is -2.08. The van der Waals surface area contributed by atoms with E-state index in [0.29, 0.717) is 17.4 Å². The summed E-state index contributed by atoms with van der Waals surface area (Å²) in [5.41, 5.74) is 6.32. The van der Waals surface area contributed by atoms with Crippen LogP contribution in [0.4, 0.5) is 5.69 Å². The molecule has 0 saturated heterocycles. The molecule has 1 N–H and O–H groups in total. The first-order valence-electron chi connectivity index (χ1n) is 8.24. The fourth-order valence-electron chi connectivity index (χ4n) is 2.49. The van der Waals surface area contributed by atoms with Gasteiger partial charge in [0.05, 0.1) is 5.69 Å². The van der Waals surface area contributed by atoms with Crippen LogP contribution in [0.1, 0.15) is 11.4 Å². The Labute approximate surface area is 151 Å². The largest absolute Gasteiger partial charge is 0.334 e. The summed E-state index contributed by atoms with van der Waals surface area (Å²) in [7, 11) is 0. The van der Waals surface area contributed by atoms with Crippen molar-refractivity contribution in [2.75, 3.05) is 5.43 Å².